The van der Waals surface area contributed by atoms with Crippen molar-refractivity contribution in [3.05, 3.63) is 46.9 Å². The van der Waals surface area contributed by atoms with Gasteiger partial charge in [-0.1, -0.05) is 11.6 Å². The number of halogens is 1. The maximum absolute atomic E-state index is 9.52. The minimum Gasteiger partial charge on any atom is -0.368 e. The second-order valence-electron chi connectivity index (χ2n) is 8.29. The Bertz CT molecular complexity index is 1320. The number of pyridine rings is 1. The van der Waals surface area contributed by atoms with Crippen molar-refractivity contribution in [1.82, 2.24) is 24.9 Å². The Kier molecular flexibility index (Phi) is 4.73. The van der Waals surface area contributed by atoms with Gasteiger partial charge in [0, 0.05) is 43.3 Å². The average Bonchev–Trinajstić information content (AvgIpc) is 3.29. The molecular weight excluding hydrogens is 412 g/mol. The summed E-state index contributed by atoms with van der Waals surface area (Å²) in [6, 6.07) is 8.90. The van der Waals surface area contributed by atoms with E-state index in [1.165, 1.54) is 0 Å². The molecule has 0 aliphatic carbocycles. The van der Waals surface area contributed by atoms with Gasteiger partial charge in [0.1, 0.15) is 6.07 Å². The Morgan fingerprint density at radius 2 is 1.97 bits per heavy atom. The van der Waals surface area contributed by atoms with Crippen LogP contribution in [0.15, 0.2) is 30.6 Å². The molecule has 1 saturated heterocycles. The fraction of sp³-hybridized carbons (Fsp3) is 0.318. The first kappa shape index (κ1) is 19.7. The van der Waals surface area contributed by atoms with E-state index in [4.69, 9.17) is 11.6 Å². The minimum absolute atomic E-state index is 0.410. The van der Waals surface area contributed by atoms with Crippen molar-refractivity contribution in [3.63, 3.8) is 0 Å². The van der Waals surface area contributed by atoms with Gasteiger partial charge in [0.25, 0.3) is 0 Å². The van der Waals surface area contributed by atoms with Crippen molar-refractivity contribution >= 4 is 45.3 Å². The molecule has 1 aromatic carbocycles. The molecule has 0 amide bonds. The van der Waals surface area contributed by atoms with Crippen LogP contribution in [-0.4, -0.2) is 44.8 Å². The Morgan fingerprint density at radius 3 is 2.71 bits per heavy atom. The summed E-state index contributed by atoms with van der Waals surface area (Å²) < 4.78 is 1.84. The number of nitrogens with zero attached hydrogens (tertiary/aromatic N) is 5. The number of anilines is 3. The summed E-state index contributed by atoms with van der Waals surface area (Å²) in [7, 11) is 0. The molecule has 0 saturated carbocycles. The third kappa shape index (κ3) is 3.56. The quantitative estimate of drug-likeness (QED) is 0.451. The summed E-state index contributed by atoms with van der Waals surface area (Å²) in [5.74, 6) is 0.619. The lowest BCUT2D eigenvalue weighted by atomic mass is 10.1. The smallest absolute Gasteiger partial charge is 0.161 e. The maximum Gasteiger partial charge on any atom is 0.161 e. The van der Waals surface area contributed by atoms with Crippen LogP contribution in [0.25, 0.3) is 16.6 Å². The van der Waals surface area contributed by atoms with Gasteiger partial charge >= 0.3 is 0 Å². The molecule has 1 aliphatic heterocycles. The summed E-state index contributed by atoms with van der Waals surface area (Å²) in [4.78, 5) is 6.76. The Balaban J connectivity index is 1.51. The highest BCUT2D eigenvalue weighted by Crippen LogP contribution is 2.35. The molecule has 3 aromatic heterocycles. The highest BCUT2D eigenvalue weighted by molar-refractivity contribution is 6.36. The van der Waals surface area contributed by atoms with Gasteiger partial charge in [-0.25, -0.2) is 4.98 Å². The number of nitriles is 1. The normalized spacial score (nSPS) is 19.1. The lowest BCUT2D eigenvalue weighted by molar-refractivity contribution is 0.407. The number of benzene rings is 1. The van der Waals surface area contributed by atoms with E-state index in [1.54, 1.807) is 6.07 Å². The molecule has 3 N–H and O–H groups in total. The molecule has 31 heavy (non-hydrogen) atoms. The number of rotatable bonds is 3. The number of nitrogens with one attached hydrogen (secondary N) is 3. The predicted octanol–water partition coefficient (Wildman–Crippen LogP) is 3.97. The molecule has 5 rings (SSSR count). The molecule has 4 aromatic rings. The first-order valence-corrected chi connectivity index (χ1v) is 10.6. The highest BCUT2D eigenvalue weighted by atomic mass is 35.5. The van der Waals surface area contributed by atoms with Gasteiger partial charge < -0.3 is 19.9 Å². The van der Waals surface area contributed by atoms with Crippen LogP contribution in [0, 0.1) is 18.3 Å². The van der Waals surface area contributed by atoms with E-state index in [-0.39, 0.29) is 0 Å². The molecule has 1 aliphatic rings. The number of fused-ring (bicyclic) bond motifs is 2. The van der Waals surface area contributed by atoms with E-state index in [9.17, 15) is 5.26 Å². The second kappa shape index (κ2) is 7.45. The first-order chi connectivity index (χ1) is 14.9. The Morgan fingerprint density at radius 1 is 1.19 bits per heavy atom. The topological polar surface area (TPSA) is 97.1 Å². The van der Waals surface area contributed by atoms with Crippen LogP contribution in [-0.2, 0) is 0 Å². The van der Waals surface area contributed by atoms with Gasteiger partial charge in [-0.05, 0) is 39.0 Å². The van der Waals surface area contributed by atoms with Gasteiger partial charge in [0.2, 0.25) is 0 Å². The van der Waals surface area contributed by atoms with Crippen molar-refractivity contribution < 1.29 is 0 Å². The van der Waals surface area contributed by atoms with Crippen LogP contribution in [0.3, 0.4) is 0 Å². The largest absolute Gasteiger partial charge is 0.368 e. The number of hydrogen-bond acceptors (Lipinski definition) is 6. The number of aryl methyl sites for hydroxylation is 1. The van der Waals surface area contributed by atoms with Crippen LogP contribution < -0.4 is 15.5 Å². The fourth-order valence-corrected chi connectivity index (χ4v) is 4.72. The highest BCUT2D eigenvalue weighted by Gasteiger charge is 2.23. The number of imidazole rings is 1. The summed E-state index contributed by atoms with van der Waals surface area (Å²) in [5.41, 5.74) is 4.66. The number of aromatic amines is 1. The van der Waals surface area contributed by atoms with Crippen molar-refractivity contribution in [2.45, 2.75) is 32.9 Å². The Hall–Kier alpha value is -3.28. The SMILES string of the molecule is Cc1cn2cc(Nc3n[nH]c4cc(N5C[C@H](C)N[C@@H](C)C5)cc(Cl)c34)cc(C#N)c2n1. The van der Waals surface area contributed by atoms with Gasteiger partial charge in [-0.3, -0.25) is 5.10 Å². The molecule has 158 valence electrons. The number of H-pyrrole nitrogens is 1. The third-order valence-corrected chi connectivity index (χ3v) is 5.88. The molecule has 1 fully saturated rings. The standard InChI is InChI=1S/C22H23ClN8/c1-12-8-30(9-13(2)25-12)17-5-18(23)20-19(6-17)28-29-21(20)27-16-4-15(7-24)22-26-14(3)10-31(22)11-16/h4-6,10-13,25H,8-9H2,1-3H3,(H2,27,28,29)/t12-,13-/m0/s1. The van der Waals surface area contributed by atoms with E-state index in [0.29, 0.717) is 34.1 Å². The molecular formula is C22H23ClN8. The van der Waals surface area contributed by atoms with Crippen LogP contribution in [0.2, 0.25) is 5.02 Å². The first-order valence-electron chi connectivity index (χ1n) is 10.3. The van der Waals surface area contributed by atoms with Crippen molar-refractivity contribution in [3.8, 4) is 6.07 Å². The predicted molar refractivity (Wildman–Crippen MR) is 123 cm³/mol. The summed E-state index contributed by atoms with van der Waals surface area (Å²) in [6.07, 6.45) is 3.78. The van der Waals surface area contributed by atoms with E-state index < -0.39 is 0 Å². The Labute approximate surface area is 184 Å². The average molecular weight is 435 g/mol. The van der Waals surface area contributed by atoms with Crippen LogP contribution in [0.5, 0.6) is 0 Å². The van der Waals surface area contributed by atoms with Gasteiger partial charge in [0.15, 0.2) is 11.5 Å². The fourth-order valence-electron chi connectivity index (χ4n) is 4.41. The van der Waals surface area contributed by atoms with Gasteiger partial charge in [-0.2, -0.15) is 10.4 Å². The molecule has 8 nitrogen and oxygen atoms in total. The summed E-state index contributed by atoms with van der Waals surface area (Å²) in [6.45, 7) is 8.13. The lowest BCUT2D eigenvalue weighted by Gasteiger charge is -2.37. The minimum atomic E-state index is 0.410. The van der Waals surface area contributed by atoms with Crippen LogP contribution in [0.4, 0.5) is 17.2 Å². The zero-order valence-electron chi connectivity index (χ0n) is 17.6. The van der Waals surface area contributed by atoms with Gasteiger partial charge in [-0.15, -0.1) is 0 Å². The van der Waals surface area contributed by atoms with Crippen LogP contribution in [0.1, 0.15) is 25.1 Å². The monoisotopic (exact) mass is 434 g/mol. The molecule has 2 atom stereocenters. The van der Waals surface area contributed by atoms with Crippen molar-refractivity contribution in [2.75, 3.05) is 23.3 Å². The summed E-state index contributed by atoms with van der Waals surface area (Å²) >= 11 is 6.71. The number of aromatic nitrogens is 4. The van der Waals surface area contributed by atoms with E-state index in [1.807, 2.05) is 29.8 Å². The van der Waals surface area contributed by atoms with Crippen molar-refractivity contribution in [2.24, 2.45) is 0 Å². The van der Waals surface area contributed by atoms with Crippen molar-refractivity contribution in [1.29, 1.82) is 5.26 Å². The van der Waals surface area contributed by atoms with E-state index in [0.717, 1.165) is 41.1 Å². The maximum atomic E-state index is 9.52. The number of hydrogen-bond donors (Lipinski definition) is 3. The molecule has 0 spiro atoms. The molecule has 0 bridgehead atoms. The molecule has 9 heteroatoms. The second-order valence-corrected chi connectivity index (χ2v) is 8.70. The molecule has 4 heterocycles. The zero-order chi connectivity index (χ0) is 21.7. The molecule has 0 radical (unpaired) electrons. The van der Waals surface area contributed by atoms with E-state index >= 15 is 0 Å². The summed E-state index contributed by atoms with van der Waals surface area (Å²) in [5, 5.41) is 25.4. The zero-order valence-corrected chi connectivity index (χ0v) is 18.3. The third-order valence-electron chi connectivity index (χ3n) is 5.58. The van der Waals surface area contributed by atoms with E-state index in [2.05, 4.69) is 56.7 Å². The van der Waals surface area contributed by atoms with Gasteiger partial charge in [0.05, 0.1) is 32.9 Å². The molecule has 0 unspecified atom stereocenters. The van der Waals surface area contributed by atoms with Crippen LogP contribution >= 0.6 is 11.6 Å². The lowest BCUT2D eigenvalue weighted by Crippen LogP contribution is -2.54. The number of piperazine rings is 1.